The minimum atomic E-state index is -1.59. The molecule has 0 radical (unpaired) electrons. The van der Waals surface area contributed by atoms with Crippen molar-refractivity contribution in [1.29, 1.82) is 0 Å². The van der Waals surface area contributed by atoms with Crippen molar-refractivity contribution in [2.75, 3.05) is 13.7 Å². The number of ether oxygens (including phenoxy) is 4. The lowest BCUT2D eigenvalue weighted by Gasteiger charge is -2.30. The molecular weight excluding hydrogens is 351 g/mol. The normalized spacial score (nSPS) is 27.4. The van der Waals surface area contributed by atoms with Crippen LogP contribution in [0.4, 0.5) is 4.39 Å². The fourth-order valence-corrected chi connectivity index (χ4v) is 3.08. The van der Waals surface area contributed by atoms with Crippen molar-refractivity contribution in [3.8, 4) is 0 Å². The second-order valence-electron chi connectivity index (χ2n) is 6.58. The summed E-state index contributed by atoms with van der Waals surface area (Å²) in [4.78, 5) is 12.4. The van der Waals surface area contributed by atoms with Gasteiger partial charge in [0.05, 0.1) is 18.8 Å². The summed E-state index contributed by atoms with van der Waals surface area (Å²) in [6.45, 7) is 1.84. The number of halogens is 1. The van der Waals surface area contributed by atoms with Crippen LogP contribution in [0.15, 0.2) is 60.7 Å². The van der Waals surface area contributed by atoms with Crippen molar-refractivity contribution in [3.63, 3.8) is 0 Å². The fourth-order valence-electron chi connectivity index (χ4n) is 3.08. The van der Waals surface area contributed by atoms with Crippen molar-refractivity contribution in [2.24, 2.45) is 0 Å². The lowest BCUT2D eigenvalue weighted by molar-refractivity contribution is -0.188. The Hall–Kier alpha value is -2.28. The van der Waals surface area contributed by atoms with Gasteiger partial charge in [-0.05, 0) is 24.6 Å². The third kappa shape index (κ3) is 4.35. The molecule has 1 aliphatic heterocycles. The van der Waals surface area contributed by atoms with Crippen LogP contribution in [0.25, 0.3) is 0 Å². The summed E-state index contributed by atoms with van der Waals surface area (Å²) in [7, 11) is 1.39. The minimum Gasteiger partial charge on any atom is -0.447 e. The standard InChI is InChI=1S/C21H23FO5/c1-21(27-19(23)16-11-7-4-8-12-16)18(22)17(26-20(21)24-2)14-25-13-15-9-5-3-6-10-15/h3-12,17-18,20H,13-14H2,1-2H3. The lowest BCUT2D eigenvalue weighted by Crippen LogP contribution is -2.48. The summed E-state index contributed by atoms with van der Waals surface area (Å²) in [5.41, 5.74) is -0.250. The van der Waals surface area contributed by atoms with Crippen LogP contribution in [-0.2, 0) is 25.6 Å². The summed E-state index contributed by atoms with van der Waals surface area (Å²) < 4.78 is 37.0. The molecular formula is C21H23FO5. The zero-order valence-electron chi connectivity index (χ0n) is 15.3. The van der Waals surface area contributed by atoms with Gasteiger partial charge in [-0.15, -0.1) is 0 Å². The van der Waals surface area contributed by atoms with E-state index in [9.17, 15) is 4.79 Å². The zero-order valence-corrected chi connectivity index (χ0v) is 15.3. The molecule has 144 valence electrons. The molecule has 27 heavy (non-hydrogen) atoms. The smallest absolute Gasteiger partial charge is 0.338 e. The van der Waals surface area contributed by atoms with Crippen molar-refractivity contribution in [3.05, 3.63) is 71.8 Å². The van der Waals surface area contributed by atoms with Gasteiger partial charge in [-0.1, -0.05) is 48.5 Å². The SMILES string of the molecule is COC1OC(COCc2ccccc2)C(F)C1(C)OC(=O)c1ccccc1. The molecule has 0 aromatic heterocycles. The van der Waals surface area contributed by atoms with Crippen LogP contribution >= 0.6 is 0 Å². The summed E-state index contributed by atoms with van der Waals surface area (Å²) in [5.74, 6) is -0.628. The molecule has 1 saturated heterocycles. The first kappa shape index (κ1) is 19.5. The van der Waals surface area contributed by atoms with Gasteiger partial charge in [0.15, 0.2) is 11.8 Å². The Morgan fingerprint density at radius 1 is 1.11 bits per heavy atom. The van der Waals surface area contributed by atoms with Gasteiger partial charge < -0.3 is 18.9 Å². The van der Waals surface area contributed by atoms with E-state index in [2.05, 4.69) is 0 Å². The number of carbonyl (C=O) groups is 1. The second kappa shape index (κ2) is 8.61. The number of hydrogen-bond donors (Lipinski definition) is 0. The number of methoxy groups -OCH3 is 1. The summed E-state index contributed by atoms with van der Waals surface area (Å²) in [6.07, 6.45) is -3.51. The summed E-state index contributed by atoms with van der Waals surface area (Å²) in [6, 6.07) is 18.0. The monoisotopic (exact) mass is 374 g/mol. The van der Waals surface area contributed by atoms with E-state index in [0.717, 1.165) is 5.56 Å². The molecule has 4 atom stereocenters. The molecule has 1 heterocycles. The van der Waals surface area contributed by atoms with Crippen molar-refractivity contribution >= 4 is 5.97 Å². The number of rotatable bonds is 7. The quantitative estimate of drug-likeness (QED) is 0.694. The molecule has 0 aliphatic carbocycles. The van der Waals surface area contributed by atoms with Crippen molar-refractivity contribution in [2.45, 2.75) is 37.7 Å². The molecule has 0 bridgehead atoms. The minimum absolute atomic E-state index is 0.0222. The second-order valence-corrected chi connectivity index (χ2v) is 6.58. The maximum Gasteiger partial charge on any atom is 0.338 e. The maximum atomic E-state index is 15.1. The highest BCUT2D eigenvalue weighted by Crippen LogP contribution is 2.38. The fraction of sp³-hybridized carbons (Fsp3) is 0.381. The molecule has 0 saturated carbocycles. The predicted octanol–water partition coefficient (Wildman–Crippen LogP) is 3.53. The molecule has 2 aromatic carbocycles. The van der Waals surface area contributed by atoms with Gasteiger partial charge in [-0.25, -0.2) is 9.18 Å². The van der Waals surface area contributed by atoms with Gasteiger partial charge >= 0.3 is 5.97 Å². The van der Waals surface area contributed by atoms with Crippen molar-refractivity contribution in [1.82, 2.24) is 0 Å². The van der Waals surface area contributed by atoms with E-state index in [-0.39, 0.29) is 6.61 Å². The summed E-state index contributed by atoms with van der Waals surface area (Å²) in [5, 5.41) is 0. The Morgan fingerprint density at radius 3 is 2.37 bits per heavy atom. The molecule has 2 aromatic rings. The van der Waals surface area contributed by atoms with Crippen LogP contribution in [0.3, 0.4) is 0 Å². The molecule has 4 unspecified atom stereocenters. The number of benzene rings is 2. The average molecular weight is 374 g/mol. The molecule has 0 spiro atoms. The van der Waals surface area contributed by atoms with Gasteiger partial charge in [0.2, 0.25) is 6.29 Å². The van der Waals surface area contributed by atoms with Crippen LogP contribution in [-0.4, -0.2) is 43.9 Å². The molecule has 1 fully saturated rings. The molecule has 3 rings (SSSR count). The Morgan fingerprint density at radius 2 is 1.74 bits per heavy atom. The highest BCUT2D eigenvalue weighted by atomic mass is 19.1. The Kier molecular flexibility index (Phi) is 6.21. The highest BCUT2D eigenvalue weighted by molar-refractivity contribution is 5.89. The molecule has 0 amide bonds. The average Bonchev–Trinajstić information content (AvgIpc) is 2.94. The van der Waals surface area contributed by atoms with E-state index in [1.54, 1.807) is 30.3 Å². The third-order valence-corrected chi connectivity index (χ3v) is 4.57. The van der Waals surface area contributed by atoms with E-state index in [1.165, 1.54) is 14.0 Å². The van der Waals surface area contributed by atoms with E-state index in [0.29, 0.717) is 12.2 Å². The first-order chi connectivity index (χ1) is 13.0. The van der Waals surface area contributed by atoms with Gasteiger partial charge in [0, 0.05) is 7.11 Å². The number of hydrogen-bond acceptors (Lipinski definition) is 5. The van der Waals surface area contributed by atoms with E-state index in [1.807, 2.05) is 30.3 Å². The van der Waals surface area contributed by atoms with Crippen LogP contribution in [0, 0.1) is 0 Å². The maximum absolute atomic E-state index is 15.1. The topological polar surface area (TPSA) is 54.0 Å². The first-order valence-corrected chi connectivity index (χ1v) is 8.77. The molecule has 6 heteroatoms. The highest BCUT2D eigenvalue weighted by Gasteiger charge is 2.58. The van der Waals surface area contributed by atoms with E-state index < -0.39 is 30.1 Å². The zero-order chi connectivity index (χ0) is 19.3. The largest absolute Gasteiger partial charge is 0.447 e. The van der Waals surface area contributed by atoms with Gasteiger partial charge in [0.25, 0.3) is 0 Å². The van der Waals surface area contributed by atoms with Crippen LogP contribution in [0.5, 0.6) is 0 Å². The number of alkyl halides is 1. The summed E-state index contributed by atoms with van der Waals surface area (Å²) >= 11 is 0. The van der Waals surface area contributed by atoms with Gasteiger partial charge in [-0.3, -0.25) is 0 Å². The van der Waals surface area contributed by atoms with Gasteiger partial charge in [0.1, 0.15) is 6.10 Å². The third-order valence-electron chi connectivity index (χ3n) is 4.57. The molecule has 5 nitrogen and oxygen atoms in total. The van der Waals surface area contributed by atoms with Crippen LogP contribution in [0.1, 0.15) is 22.8 Å². The van der Waals surface area contributed by atoms with Crippen LogP contribution < -0.4 is 0 Å². The Bertz CT molecular complexity index is 739. The van der Waals surface area contributed by atoms with Gasteiger partial charge in [-0.2, -0.15) is 0 Å². The Labute approximate surface area is 158 Å². The first-order valence-electron chi connectivity index (χ1n) is 8.77. The molecule has 0 N–H and O–H groups in total. The number of esters is 1. The number of carbonyl (C=O) groups excluding carboxylic acids is 1. The molecule has 1 aliphatic rings. The van der Waals surface area contributed by atoms with E-state index >= 15 is 4.39 Å². The predicted molar refractivity (Wildman–Crippen MR) is 96.9 cm³/mol. The van der Waals surface area contributed by atoms with Crippen LogP contribution in [0.2, 0.25) is 0 Å². The van der Waals surface area contributed by atoms with E-state index in [4.69, 9.17) is 18.9 Å². The Balaban J connectivity index is 1.63. The van der Waals surface area contributed by atoms with Crippen molar-refractivity contribution < 1.29 is 28.1 Å². The lowest BCUT2D eigenvalue weighted by atomic mass is 9.98.